The largest absolute Gasteiger partial charge is 0.351 e. The Morgan fingerprint density at radius 2 is 1.77 bits per heavy atom. The molecule has 0 aliphatic heterocycles. The van der Waals surface area contributed by atoms with Gasteiger partial charge in [-0.25, -0.2) is 4.98 Å². The Balaban J connectivity index is 2.67. The number of hydrogen-bond donors (Lipinski definition) is 1. The molecule has 0 aliphatic rings. The van der Waals surface area contributed by atoms with Crippen LogP contribution < -0.4 is 5.32 Å². The van der Waals surface area contributed by atoms with E-state index in [1.165, 1.54) is 0 Å². The van der Waals surface area contributed by atoms with Crippen molar-refractivity contribution in [1.82, 2.24) is 20.1 Å². The van der Waals surface area contributed by atoms with Crippen molar-refractivity contribution in [3.8, 4) is 0 Å². The van der Waals surface area contributed by atoms with Gasteiger partial charge in [-0.15, -0.1) is 0 Å². The number of aromatic nitrogens is 1. The first kappa shape index (κ1) is 18.1. The number of nitrogens with one attached hydrogen (secondary N) is 1. The predicted molar refractivity (Wildman–Crippen MR) is 87.0 cm³/mol. The van der Waals surface area contributed by atoms with Crippen molar-refractivity contribution in [1.29, 1.82) is 0 Å². The van der Waals surface area contributed by atoms with Gasteiger partial charge in [0.1, 0.15) is 11.4 Å². The normalized spacial score (nSPS) is 10.6. The van der Waals surface area contributed by atoms with Crippen molar-refractivity contribution in [3.05, 3.63) is 29.6 Å². The van der Waals surface area contributed by atoms with Crippen LogP contribution in [0.5, 0.6) is 0 Å². The average molecular weight is 306 g/mol. The van der Waals surface area contributed by atoms with Crippen LogP contribution in [0.2, 0.25) is 0 Å². The van der Waals surface area contributed by atoms with Gasteiger partial charge in [-0.1, -0.05) is 6.07 Å². The molecule has 0 saturated heterocycles. The van der Waals surface area contributed by atoms with E-state index in [4.69, 9.17) is 0 Å². The zero-order valence-electron chi connectivity index (χ0n) is 13.9. The Labute approximate surface area is 132 Å². The van der Waals surface area contributed by atoms with Gasteiger partial charge in [-0.2, -0.15) is 0 Å². The van der Waals surface area contributed by atoms with Crippen molar-refractivity contribution >= 4 is 11.8 Å². The number of amides is 2. The molecule has 0 saturated carbocycles. The van der Waals surface area contributed by atoms with Crippen LogP contribution in [-0.4, -0.2) is 66.9 Å². The van der Waals surface area contributed by atoms with Gasteiger partial charge in [0, 0.05) is 19.6 Å². The fourth-order valence-corrected chi connectivity index (χ4v) is 2.04. The van der Waals surface area contributed by atoms with Crippen molar-refractivity contribution in [2.24, 2.45) is 0 Å². The molecule has 22 heavy (non-hydrogen) atoms. The minimum atomic E-state index is -0.243. The minimum absolute atomic E-state index is 0.146. The molecule has 122 valence electrons. The van der Waals surface area contributed by atoms with Crippen LogP contribution in [0.25, 0.3) is 0 Å². The number of carbonyl (C=O) groups is 2. The average Bonchev–Trinajstić information content (AvgIpc) is 2.52. The fourth-order valence-electron chi connectivity index (χ4n) is 2.04. The van der Waals surface area contributed by atoms with E-state index in [-0.39, 0.29) is 17.5 Å². The first-order chi connectivity index (χ1) is 10.5. The summed E-state index contributed by atoms with van der Waals surface area (Å²) in [5.74, 6) is -0.389. The lowest BCUT2D eigenvalue weighted by Gasteiger charge is -2.18. The highest BCUT2D eigenvalue weighted by atomic mass is 16.2. The molecule has 1 aromatic rings. The third kappa shape index (κ3) is 5.44. The Kier molecular flexibility index (Phi) is 7.52. The van der Waals surface area contributed by atoms with Gasteiger partial charge in [0.15, 0.2) is 0 Å². The van der Waals surface area contributed by atoms with Crippen LogP contribution in [0, 0.1) is 0 Å². The van der Waals surface area contributed by atoms with E-state index in [1.807, 2.05) is 27.9 Å². The maximum atomic E-state index is 12.2. The standard InChI is InChI=1S/C16H26N4O2/c1-5-20(6-2)16(22)14-10-7-9-13(18-14)15(21)17-11-8-12-19(3)4/h7,9-10H,5-6,8,11-12H2,1-4H3,(H,17,21). The van der Waals surface area contributed by atoms with E-state index in [1.54, 1.807) is 23.1 Å². The predicted octanol–water partition coefficient (Wildman–Crippen LogP) is 1.25. The summed E-state index contributed by atoms with van der Waals surface area (Å²) < 4.78 is 0. The maximum absolute atomic E-state index is 12.2. The van der Waals surface area contributed by atoms with Crippen molar-refractivity contribution in [2.45, 2.75) is 20.3 Å². The van der Waals surface area contributed by atoms with Crippen molar-refractivity contribution in [3.63, 3.8) is 0 Å². The number of rotatable bonds is 8. The van der Waals surface area contributed by atoms with E-state index in [2.05, 4.69) is 15.2 Å². The third-order valence-electron chi connectivity index (χ3n) is 3.32. The topological polar surface area (TPSA) is 65.5 Å². The molecular weight excluding hydrogens is 280 g/mol. The summed E-state index contributed by atoms with van der Waals surface area (Å²) in [6.07, 6.45) is 0.872. The highest BCUT2D eigenvalue weighted by molar-refractivity contribution is 5.96. The zero-order valence-corrected chi connectivity index (χ0v) is 13.9. The maximum Gasteiger partial charge on any atom is 0.272 e. The van der Waals surface area contributed by atoms with Crippen molar-refractivity contribution < 1.29 is 9.59 Å². The van der Waals surface area contributed by atoms with Crippen LogP contribution >= 0.6 is 0 Å². The molecule has 1 heterocycles. The van der Waals surface area contributed by atoms with E-state index >= 15 is 0 Å². The van der Waals surface area contributed by atoms with Gasteiger partial charge in [-0.3, -0.25) is 9.59 Å². The van der Waals surface area contributed by atoms with Gasteiger partial charge in [0.05, 0.1) is 0 Å². The fraction of sp³-hybridized carbons (Fsp3) is 0.562. The molecule has 6 nitrogen and oxygen atoms in total. The van der Waals surface area contributed by atoms with Gasteiger partial charge in [-0.05, 0) is 53.0 Å². The summed E-state index contributed by atoms with van der Waals surface area (Å²) in [7, 11) is 3.98. The highest BCUT2D eigenvalue weighted by Crippen LogP contribution is 2.04. The SMILES string of the molecule is CCN(CC)C(=O)c1cccc(C(=O)NCCCN(C)C)n1. The molecule has 0 spiro atoms. The summed E-state index contributed by atoms with van der Waals surface area (Å²) in [5.41, 5.74) is 0.590. The second-order valence-corrected chi connectivity index (χ2v) is 5.30. The zero-order chi connectivity index (χ0) is 16.5. The highest BCUT2D eigenvalue weighted by Gasteiger charge is 2.16. The number of hydrogen-bond acceptors (Lipinski definition) is 4. The molecule has 0 aliphatic carbocycles. The molecule has 1 aromatic heterocycles. The molecular formula is C16H26N4O2. The minimum Gasteiger partial charge on any atom is -0.351 e. The molecule has 0 unspecified atom stereocenters. The van der Waals surface area contributed by atoms with Gasteiger partial charge >= 0.3 is 0 Å². The lowest BCUT2D eigenvalue weighted by Crippen LogP contribution is -2.32. The summed E-state index contributed by atoms with van der Waals surface area (Å²) in [5, 5.41) is 2.82. The third-order valence-corrected chi connectivity index (χ3v) is 3.32. The molecule has 0 radical (unpaired) electrons. The van der Waals surface area contributed by atoms with E-state index in [0.717, 1.165) is 13.0 Å². The summed E-state index contributed by atoms with van der Waals surface area (Å²) in [6, 6.07) is 4.96. The lowest BCUT2D eigenvalue weighted by atomic mass is 10.2. The quantitative estimate of drug-likeness (QED) is 0.734. The number of carbonyl (C=O) groups excluding carboxylic acids is 2. The van der Waals surface area contributed by atoms with Crippen molar-refractivity contribution in [2.75, 3.05) is 40.3 Å². The van der Waals surface area contributed by atoms with E-state index in [0.29, 0.717) is 25.3 Å². The first-order valence-corrected chi connectivity index (χ1v) is 7.68. The molecule has 1 N–H and O–H groups in total. The van der Waals surface area contributed by atoms with Crippen LogP contribution in [0.4, 0.5) is 0 Å². The van der Waals surface area contributed by atoms with E-state index < -0.39 is 0 Å². The van der Waals surface area contributed by atoms with Crippen LogP contribution in [0.1, 0.15) is 41.2 Å². The van der Waals surface area contributed by atoms with Gasteiger partial charge in [0.25, 0.3) is 11.8 Å². The van der Waals surface area contributed by atoms with Gasteiger partial charge < -0.3 is 15.1 Å². The van der Waals surface area contributed by atoms with Gasteiger partial charge in [0.2, 0.25) is 0 Å². The Hall–Kier alpha value is -1.95. The molecule has 6 heteroatoms. The molecule has 0 bridgehead atoms. The molecule has 0 fully saturated rings. The van der Waals surface area contributed by atoms with E-state index in [9.17, 15) is 9.59 Å². The Morgan fingerprint density at radius 3 is 2.36 bits per heavy atom. The summed E-state index contributed by atoms with van der Waals surface area (Å²) >= 11 is 0. The Morgan fingerprint density at radius 1 is 1.14 bits per heavy atom. The molecule has 0 aromatic carbocycles. The second kappa shape index (κ2) is 9.15. The number of pyridine rings is 1. The smallest absolute Gasteiger partial charge is 0.272 e. The summed E-state index contributed by atoms with van der Waals surface area (Å²) in [6.45, 7) is 6.59. The Bertz CT molecular complexity index is 499. The molecule has 2 amide bonds. The van der Waals surface area contributed by atoms with Crippen LogP contribution in [-0.2, 0) is 0 Å². The molecule has 0 atom stereocenters. The van der Waals surface area contributed by atoms with Crippen LogP contribution in [0.3, 0.4) is 0 Å². The lowest BCUT2D eigenvalue weighted by molar-refractivity contribution is 0.0767. The number of nitrogens with zero attached hydrogens (tertiary/aromatic N) is 3. The molecule has 1 rings (SSSR count). The first-order valence-electron chi connectivity index (χ1n) is 7.68. The monoisotopic (exact) mass is 306 g/mol. The van der Waals surface area contributed by atoms with Crippen LogP contribution in [0.15, 0.2) is 18.2 Å². The summed E-state index contributed by atoms with van der Waals surface area (Å²) in [4.78, 5) is 32.2. The second-order valence-electron chi connectivity index (χ2n) is 5.30.